The molecule has 1 unspecified atom stereocenters. The average molecular weight is 737 g/mol. The van der Waals surface area contributed by atoms with Crippen LogP contribution in [0.2, 0.25) is 0 Å². The molecule has 0 bridgehead atoms. The molecule has 0 amide bonds. The highest BCUT2D eigenvalue weighted by Gasteiger charge is 2.69. The van der Waals surface area contributed by atoms with E-state index in [1.165, 1.54) is 31.2 Å². The number of aromatic hydroxyl groups is 1. The Labute approximate surface area is 303 Å². The highest BCUT2D eigenvalue weighted by molar-refractivity contribution is 6.32. The number of carboxylic acid groups (broad SMARTS) is 1. The first-order valence-electron chi connectivity index (χ1n) is 17.0. The van der Waals surface area contributed by atoms with Crippen LogP contribution in [0.5, 0.6) is 5.75 Å². The SMILES string of the molecule is C[C@@H]1O[C@](C)(C(=O)O)O[C@H]1/C=C/C=C/C=C/C(=O)OC1CC[C@H](c2ccc3c(c2O)C(=O)C2=C(C3=O)[C@@]3(O)C(=O)[C@H](O)[C@@](C)(O)C[C@@]3(O)C=C2)O[C@@H]1C. The fraction of sp³-hybridized carbons (Fsp3) is 0.447. The third kappa shape index (κ3) is 6.21. The Morgan fingerprint density at radius 2 is 1.64 bits per heavy atom. The minimum Gasteiger partial charge on any atom is -0.507 e. The van der Waals surface area contributed by atoms with Crippen molar-refractivity contribution >= 4 is 29.3 Å². The normalized spacial score (nSPS) is 38.5. The number of carbonyl (C=O) groups is 5. The van der Waals surface area contributed by atoms with Gasteiger partial charge < -0.3 is 49.6 Å². The molecule has 0 radical (unpaired) electrons. The van der Waals surface area contributed by atoms with E-state index in [1.807, 2.05) is 0 Å². The number of ether oxygens (including phenoxy) is 4. The minimum absolute atomic E-state index is 0.176. The van der Waals surface area contributed by atoms with Crippen LogP contribution in [0.3, 0.4) is 0 Å². The number of rotatable bonds is 7. The van der Waals surface area contributed by atoms with Crippen LogP contribution in [0.1, 0.15) is 79.3 Å². The van der Waals surface area contributed by atoms with Gasteiger partial charge in [0.15, 0.2) is 17.2 Å². The summed E-state index contributed by atoms with van der Waals surface area (Å²) in [5.74, 6) is -7.54. The second-order valence-corrected chi connectivity index (χ2v) is 14.3. The Bertz CT molecular complexity index is 1940. The van der Waals surface area contributed by atoms with E-state index in [9.17, 15) is 54.6 Å². The standard InChI is InChI=1S/C38H40O15/c1-18-23(51-26(39)10-8-6-5-7-9-24-19(2)52-36(4,53-24)34(45)46)13-14-25(50-18)20-11-12-21-27(29(20)40)30(41)22-15-16-37(48)17-35(3,47)32(43)33(44)38(37,49)28(22)31(21)42/h5-12,15-16,18-19,23-25,32,40,43,47-49H,13-14,17H2,1-4H3,(H,45,46)/b6-5+,9-7+,10-8+/t18-,19+,23?,24+,25-,32+,35+,36+,37+,38-/m1/s1. The van der Waals surface area contributed by atoms with E-state index in [0.29, 0.717) is 6.42 Å². The molecule has 6 rings (SSSR count). The Hall–Kier alpha value is -4.61. The lowest BCUT2D eigenvalue weighted by atomic mass is 9.56. The number of phenols is 1. The van der Waals surface area contributed by atoms with Crippen molar-refractivity contribution in [2.75, 3.05) is 0 Å². The van der Waals surface area contributed by atoms with Crippen molar-refractivity contribution in [2.45, 2.75) is 106 Å². The molecule has 3 fully saturated rings. The van der Waals surface area contributed by atoms with Gasteiger partial charge >= 0.3 is 11.9 Å². The molecule has 0 aromatic heterocycles. The van der Waals surface area contributed by atoms with Crippen molar-refractivity contribution in [1.82, 2.24) is 0 Å². The molecule has 3 aliphatic carbocycles. The number of aliphatic hydroxyl groups is 4. The molecule has 6 N–H and O–H groups in total. The van der Waals surface area contributed by atoms with Crippen LogP contribution in [0.4, 0.5) is 0 Å². The van der Waals surface area contributed by atoms with E-state index in [-0.39, 0.29) is 17.5 Å². The average Bonchev–Trinajstić information content (AvgIpc) is 3.39. The van der Waals surface area contributed by atoms with Crippen LogP contribution < -0.4 is 0 Å². The largest absolute Gasteiger partial charge is 0.507 e. The summed E-state index contributed by atoms with van der Waals surface area (Å²) >= 11 is 0. The molecule has 1 aromatic carbocycles. The van der Waals surface area contributed by atoms with Gasteiger partial charge in [0.2, 0.25) is 5.78 Å². The molecule has 2 heterocycles. The molecule has 1 saturated carbocycles. The minimum atomic E-state index is -3.05. The quantitative estimate of drug-likeness (QED) is 0.132. The highest BCUT2D eigenvalue weighted by atomic mass is 16.8. The van der Waals surface area contributed by atoms with Crippen LogP contribution in [-0.4, -0.2) is 113 Å². The van der Waals surface area contributed by atoms with Crippen molar-refractivity contribution in [3.05, 3.63) is 88.6 Å². The topological polar surface area (TPSA) is 244 Å². The van der Waals surface area contributed by atoms with Gasteiger partial charge in [0.1, 0.15) is 29.7 Å². The number of hydrogen-bond acceptors (Lipinski definition) is 14. The van der Waals surface area contributed by atoms with Crippen LogP contribution >= 0.6 is 0 Å². The molecule has 2 saturated heterocycles. The second kappa shape index (κ2) is 13.4. The van der Waals surface area contributed by atoms with Gasteiger partial charge in [0.05, 0.1) is 35.0 Å². The molecule has 15 heteroatoms. The van der Waals surface area contributed by atoms with Gasteiger partial charge in [-0.15, -0.1) is 0 Å². The predicted octanol–water partition coefficient (Wildman–Crippen LogP) is 1.61. The van der Waals surface area contributed by atoms with Gasteiger partial charge in [0.25, 0.3) is 5.79 Å². The number of Topliss-reactive ketones (excluding diaryl/α,β-unsaturated/α-hetero) is 3. The van der Waals surface area contributed by atoms with Gasteiger partial charge in [-0.25, -0.2) is 9.59 Å². The number of aliphatic hydroxyl groups excluding tert-OH is 1. The molecular formula is C38H40O15. The zero-order valence-corrected chi connectivity index (χ0v) is 29.2. The lowest BCUT2D eigenvalue weighted by Crippen LogP contribution is -2.74. The van der Waals surface area contributed by atoms with Crippen LogP contribution in [-0.2, 0) is 33.3 Å². The summed E-state index contributed by atoms with van der Waals surface area (Å²) in [7, 11) is 0. The maximum atomic E-state index is 13.8. The number of allylic oxidation sites excluding steroid dienone is 6. The lowest BCUT2D eigenvalue weighted by molar-refractivity contribution is -0.209. The number of carbonyl (C=O) groups excluding carboxylic acids is 4. The highest BCUT2D eigenvalue weighted by Crippen LogP contribution is 2.52. The predicted molar refractivity (Wildman–Crippen MR) is 180 cm³/mol. The van der Waals surface area contributed by atoms with Gasteiger partial charge in [-0.1, -0.05) is 42.5 Å². The van der Waals surface area contributed by atoms with Gasteiger partial charge in [-0.05, 0) is 45.8 Å². The molecule has 10 atom stereocenters. The molecule has 282 valence electrons. The Kier molecular flexibility index (Phi) is 9.61. The van der Waals surface area contributed by atoms with Crippen LogP contribution in [0.25, 0.3) is 0 Å². The van der Waals surface area contributed by atoms with E-state index in [1.54, 1.807) is 38.2 Å². The third-order valence-electron chi connectivity index (χ3n) is 10.5. The number of ketones is 3. The van der Waals surface area contributed by atoms with Crippen LogP contribution in [0, 0.1) is 0 Å². The van der Waals surface area contributed by atoms with Crippen molar-refractivity contribution in [3.8, 4) is 5.75 Å². The van der Waals surface area contributed by atoms with Crippen molar-refractivity contribution in [1.29, 1.82) is 0 Å². The summed E-state index contributed by atoms with van der Waals surface area (Å²) in [6.07, 6.45) is 5.66. The number of phenolic OH excluding ortho intramolecular Hbond substituents is 1. The van der Waals surface area contributed by atoms with Crippen LogP contribution in [0.15, 0.2) is 71.9 Å². The molecule has 5 aliphatic rings. The summed E-state index contributed by atoms with van der Waals surface area (Å²) in [6.45, 7) is 5.79. The number of aliphatic carboxylic acids is 1. The maximum Gasteiger partial charge on any atom is 0.364 e. The summed E-state index contributed by atoms with van der Waals surface area (Å²) in [6, 6.07) is 2.61. The van der Waals surface area contributed by atoms with Crippen molar-refractivity contribution in [2.24, 2.45) is 0 Å². The van der Waals surface area contributed by atoms with Gasteiger partial charge in [0, 0.05) is 36.1 Å². The number of hydrogen-bond donors (Lipinski definition) is 6. The van der Waals surface area contributed by atoms with E-state index in [2.05, 4.69) is 0 Å². The molecule has 53 heavy (non-hydrogen) atoms. The van der Waals surface area contributed by atoms with Gasteiger partial charge in [-0.2, -0.15) is 0 Å². The molecule has 0 spiro atoms. The third-order valence-corrected chi connectivity index (χ3v) is 10.5. The Balaban J connectivity index is 1.10. The van der Waals surface area contributed by atoms with E-state index >= 15 is 0 Å². The molecule has 2 aliphatic heterocycles. The number of benzene rings is 1. The summed E-state index contributed by atoms with van der Waals surface area (Å²) in [5.41, 5.74) is -9.49. The summed E-state index contributed by atoms with van der Waals surface area (Å²) < 4.78 is 22.5. The number of carboxylic acids is 1. The molecular weight excluding hydrogens is 696 g/mol. The molecule has 15 nitrogen and oxygen atoms in total. The van der Waals surface area contributed by atoms with Crippen molar-refractivity contribution < 1.29 is 73.6 Å². The Morgan fingerprint density at radius 1 is 0.943 bits per heavy atom. The summed E-state index contributed by atoms with van der Waals surface area (Å²) in [5, 5.41) is 64.6. The van der Waals surface area contributed by atoms with Gasteiger partial charge in [-0.3, -0.25) is 14.4 Å². The zero-order valence-electron chi connectivity index (χ0n) is 29.2. The monoisotopic (exact) mass is 736 g/mol. The first kappa shape index (κ1) is 38.1. The lowest BCUT2D eigenvalue weighted by Gasteiger charge is -2.53. The Morgan fingerprint density at radius 3 is 2.30 bits per heavy atom. The first-order chi connectivity index (χ1) is 24.8. The number of esters is 1. The number of fused-ring (bicyclic) bond motifs is 3. The maximum absolute atomic E-state index is 13.8. The zero-order chi connectivity index (χ0) is 38.8. The smallest absolute Gasteiger partial charge is 0.364 e. The first-order valence-corrected chi connectivity index (χ1v) is 17.0. The summed E-state index contributed by atoms with van der Waals surface area (Å²) in [4.78, 5) is 64.8. The second-order valence-electron chi connectivity index (χ2n) is 14.3. The fourth-order valence-corrected chi connectivity index (χ4v) is 7.59. The van der Waals surface area contributed by atoms with E-state index < -0.39 is 117 Å². The van der Waals surface area contributed by atoms with Crippen molar-refractivity contribution in [3.63, 3.8) is 0 Å². The van der Waals surface area contributed by atoms with E-state index in [0.717, 1.165) is 19.1 Å². The fourth-order valence-electron chi connectivity index (χ4n) is 7.59. The molecule has 1 aromatic rings. The van der Waals surface area contributed by atoms with E-state index in [4.69, 9.17) is 18.9 Å².